The van der Waals surface area contributed by atoms with Crippen LogP contribution in [0.3, 0.4) is 0 Å². The van der Waals surface area contributed by atoms with Crippen molar-refractivity contribution in [3.8, 4) is 0 Å². The van der Waals surface area contributed by atoms with E-state index in [1.165, 1.54) is 0 Å². The molecule has 0 spiro atoms. The first-order chi connectivity index (χ1) is 3.72. The Bertz CT molecular complexity index is 80.6. The van der Waals surface area contributed by atoms with Gasteiger partial charge in [-0.2, -0.15) is 0 Å². The van der Waals surface area contributed by atoms with Gasteiger partial charge in [0.25, 0.3) is 0 Å². The van der Waals surface area contributed by atoms with E-state index in [4.69, 9.17) is 4.74 Å². The van der Waals surface area contributed by atoms with E-state index in [2.05, 4.69) is 29.7 Å². The number of rotatable bonds is 3. The van der Waals surface area contributed by atoms with E-state index in [-0.39, 0.29) is 0 Å². The first-order valence-electron chi connectivity index (χ1n) is 2.80. The second-order valence-corrected chi connectivity index (χ2v) is 2.46. The van der Waals surface area contributed by atoms with Crippen LogP contribution in [0.25, 0.3) is 0 Å². The Labute approximate surface area is 59.0 Å². The predicted molar refractivity (Wildman–Crippen MR) is 31.5 cm³/mol. The summed E-state index contributed by atoms with van der Waals surface area (Å²) < 4.78 is 5.97. The molecule has 0 aliphatic heterocycles. The SMILES string of the molecule is CCC(C)[C](=[Cr])OC. The first kappa shape index (κ1) is 8.36. The van der Waals surface area contributed by atoms with Crippen LogP contribution < -0.4 is 0 Å². The van der Waals surface area contributed by atoms with Crippen LogP contribution in [-0.2, 0) is 20.6 Å². The van der Waals surface area contributed by atoms with Gasteiger partial charge in [0.2, 0.25) is 0 Å². The van der Waals surface area contributed by atoms with Crippen LogP contribution in [-0.4, -0.2) is 11.7 Å². The number of ether oxygens (including phenoxy) is 1. The van der Waals surface area contributed by atoms with Crippen LogP contribution in [0.1, 0.15) is 20.3 Å². The molecular weight excluding hydrogens is 140 g/mol. The van der Waals surface area contributed by atoms with Crippen molar-refractivity contribution >= 4 is 4.57 Å². The summed E-state index contributed by atoms with van der Waals surface area (Å²) in [5, 5.41) is 0. The summed E-state index contributed by atoms with van der Waals surface area (Å²) in [5.74, 6) is 0.556. The normalized spacial score (nSPS) is 13.4. The Kier molecular flexibility index (Phi) is 4.46. The summed E-state index contributed by atoms with van der Waals surface area (Å²) in [4.78, 5) is 0. The Morgan fingerprint density at radius 2 is 2.25 bits per heavy atom. The van der Waals surface area contributed by atoms with Crippen molar-refractivity contribution in [1.29, 1.82) is 0 Å². The number of methoxy groups -OCH3 is 1. The van der Waals surface area contributed by atoms with Crippen LogP contribution >= 0.6 is 0 Å². The van der Waals surface area contributed by atoms with Crippen molar-refractivity contribution in [1.82, 2.24) is 0 Å². The molecule has 1 unspecified atom stereocenters. The second kappa shape index (κ2) is 4.26. The summed E-state index contributed by atoms with van der Waals surface area (Å²) >= 11 is 2.87. The molecule has 8 heavy (non-hydrogen) atoms. The fraction of sp³-hybridized carbons (Fsp3) is 0.833. The molecule has 0 aliphatic carbocycles. The van der Waals surface area contributed by atoms with Gasteiger partial charge in [0, 0.05) is 0 Å². The van der Waals surface area contributed by atoms with E-state index in [1.807, 2.05) is 0 Å². The summed E-state index contributed by atoms with van der Waals surface area (Å²) in [6.07, 6.45) is 1.14. The molecule has 0 aromatic rings. The molecule has 1 atom stereocenters. The minimum atomic E-state index is 0.556. The molecule has 0 saturated carbocycles. The molecule has 0 rings (SSSR count). The average Bonchev–Trinajstić information content (AvgIpc) is 1.84. The van der Waals surface area contributed by atoms with Crippen molar-refractivity contribution in [2.75, 3.05) is 7.11 Å². The molecule has 0 heterocycles. The maximum absolute atomic E-state index is 4.96. The van der Waals surface area contributed by atoms with E-state index >= 15 is 0 Å². The Hall–Kier alpha value is 0.362. The summed E-state index contributed by atoms with van der Waals surface area (Å²) in [7, 11) is 1.69. The number of hydrogen-bond donors (Lipinski definition) is 0. The van der Waals surface area contributed by atoms with E-state index in [1.54, 1.807) is 7.11 Å². The van der Waals surface area contributed by atoms with E-state index in [0.29, 0.717) is 5.92 Å². The van der Waals surface area contributed by atoms with Crippen molar-refractivity contribution in [3.05, 3.63) is 0 Å². The van der Waals surface area contributed by atoms with E-state index in [9.17, 15) is 0 Å². The van der Waals surface area contributed by atoms with Crippen LogP contribution in [0.4, 0.5) is 0 Å². The quantitative estimate of drug-likeness (QED) is 0.593. The topological polar surface area (TPSA) is 9.23 Å². The van der Waals surface area contributed by atoms with Gasteiger partial charge in [0.05, 0.1) is 0 Å². The predicted octanol–water partition coefficient (Wildman–Crippen LogP) is 1.36. The average molecular weight is 152 g/mol. The first-order valence-corrected chi connectivity index (χ1v) is 3.44. The Morgan fingerprint density at radius 1 is 1.75 bits per heavy atom. The van der Waals surface area contributed by atoms with E-state index < -0.39 is 0 Å². The molecule has 0 aromatic heterocycles. The molecule has 0 bridgehead atoms. The van der Waals surface area contributed by atoms with Gasteiger partial charge in [-0.25, -0.2) is 0 Å². The molecule has 0 fully saturated rings. The van der Waals surface area contributed by atoms with Gasteiger partial charge >= 0.3 is 58.5 Å². The monoisotopic (exact) mass is 152 g/mol. The van der Waals surface area contributed by atoms with Crippen molar-refractivity contribution < 1.29 is 20.6 Å². The van der Waals surface area contributed by atoms with Gasteiger partial charge in [-0.15, -0.1) is 0 Å². The second-order valence-electron chi connectivity index (χ2n) is 1.83. The van der Waals surface area contributed by atoms with Crippen molar-refractivity contribution in [2.24, 2.45) is 5.92 Å². The molecule has 1 nitrogen and oxygen atoms in total. The third-order valence-electron chi connectivity index (χ3n) is 1.22. The third-order valence-corrected chi connectivity index (χ3v) is 2.10. The zero-order chi connectivity index (χ0) is 6.57. The molecular formula is C6H12CrO. The van der Waals surface area contributed by atoms with E-state index in [0.717, 1.165) is 11.0 Å². The Morgan fingerprint density at radius 3 is 2.38 bits per heavy atom. The van der Waals surface area contributed by atoms with Crippen molar-refractivity contribution in [2.45, 2.75) is 20.3 Å². The van der Waals surface area contributed by atoms with Gasteiger partial charge in [-0.05, 0) is 0 Å². The summed E-state index contributed by atoms with van der Waals surface area (Å²) in [6.45, 7) is 4.27. The van der Waals surface area contributed by atoms with Crippen LogP contribution in [0.15, 0.2) is 0 Å². The zero-order valence-corrected chi connectivity index (χ0v) is 6.88. The Balaban J connectivity index is 3.46. The molecule has 0 radical (unpaired) electrons. The molecule has 2 heteroatoms. The number of hydrogen-bond acceptors (Lipinski definition) is 1. The molecule has 0 amide bonds. The van der Waals surface area contributed by atoms with Crippen LogP contribution in [0.2, 0.25) is 0 Å². The fourth-order valence-electron chi connectivity index (χ4n) is 0.368. The molecule has 0 aromatic carbocycles. The van der Waals surface area contributed by atoms with Gasteiger partial charge in [-0.1, -0.05) is 0 Å². The van der Waals surface area contributed by atoms with Crippen molar-refractivity contribution in [3.63, 3.8) is 0 Å². The maximum atomic E-state index is 4.96. The fourth-order valence-corrected chi connectivity index (χ4v) is 0.628. The van der Waals surface area contributed by atoms with Crippen LogP contribution in [0.5, 0.6) is 0 Å². The third kappa shape index (κ3) is 2.62. The van der Waals surface area contributed by atoms with Gasteiger partial charge in [0.15, 0.2) is 0 Å². The zero-order valence-electron chi connectivity index (χ0n) is 5.60. The minimum absolute atomic E-state index is 0.556. The molecule has 48 valence electrons. The molecule has 0 saturated heterocycles. The van der Waals surface area contributed by atoms with Crippen LogP contribution in [0, 0.1) is 5.92 Å². The standard InChI is InChI=1S/C6H12O.Cr/c1-4-6(2)5-7-3;/h6H,4H2,1-3H3;. The summed E-state index contributed by atoms with van der Waals surface area (Å²) in [5.41, 5.74) is 0. The molecule has 0 N–H and O–H groups in total. The van der Waals surface area contributed by atoms with Gasteiger partial charge < -0.3 is 0 Å². The summed E-state index contributed by atoms with van der Waals surface area (Å²) in [6, 6.07) is 0. The molecule has 0 aliphatic rings. The van der Waals surface area contributed by atoms with Gasteiger partial charge in [0.1, 0.15) is 0 Å². The van der Waals surface area contributed by atoms with Gasteiger partial charge in [-0.3, -0.25) is 0 Å².